The van der Waals surface area contributed by atoms with Crippen molar-refractivity contribution in [2.75, 3.05) is 29.6 Å². The quantitative estimate of drug-likeness (QED) is 0.832. The number of nitrogens with zero attached hydrogens (tertiary/aromatic N) is 2. The second-order valence-corrected chi connectivity index (χ2v) is 5.63. The van der Waals surface area contributed by atoms with Gasteiger partial charge in [-0.3, -0.25) is 0 Å². The van der Waals surface area contributed by atoms with Gasteiger partial charge in [0.1, 0.15) is 0 Å². The Hall–Kier alpha value is -1.96. The predicted molar refractivity (Wildman–Crippen MR) is 91.2 cm³/mol. The number of hydrogen-bond acceptors (Lipinski definition) is 2. The minimum Gasteiger partial charge on any atom is -0.352 e. The Morgan fingerprint density at radius 2 is 1.14 bits per heavy atom. The minimum absolute atomic E-state index is 0.994. The zero-order valence-electron chi connectivity index (χ0n) is 13.0. The van der Waals surface area contributed by atoms with Gasteiger partial charge in [-0.25, -0.2) is 0 Å². The number of hydrogen-bond donors (Lipinski definition) is 0. The van der Waals surface area contributed by atoms with Gasteiger partial charge in [0.25, 0.3) is 0 Å². The van der Waals surface area contributed by atoms with Crippen LogP contribution in [0.4, 0.5) is 11.4 Å². The molecule has 0 amide bonds. The maximum atomic E-state index is 2.51. The third-order valence-corrected chi connectivity index (χ3v) is 4.41. The van der Waals surface area contributed by atoms with Crippen molar-refractivity contribution in [1.82, 2.24) is 0 Å². The van der Waals surface area contributed by atoms with Crippen LogP contribution in [0.5, 0.6) is 0 Å². The van der Waals surface area contributed by atoms with Crippen LogP contribution >= 0.6 is 0 Å². The van der Waals surface area contributed by atoms with Crippen LogP contribution in [0.15, 0.2) is 48.5 Å². The van der Waals surface area contributed by atoms with Crippen molar-refractivity contribution in [3.05, 3.63) is 59.7 Å². The van der Waals surface area contributed by atoms with Gasteiger partial charge in [-0.2, -0.15) is 0 Å². The van der Waals surface area contributed by atoms with Gasteiger partial charge in [0.2, 0.25) is 0 Å². The third kappa shape index (κ3) is 2.76. The van der Waals surface area contributed by atoms with Gasteiger partial charge in [0, 0.05) is 24.5 Å². The summed E-state index contributed by atoms with van der Waals surface area (Å²) in [5.74, 6) is 0. The molecule has 0 spiro atoms. The monoisotopic (exact) mass is 280 g/mol. The van der Waals surface area contributed by atoms with Gasteiger partial charge in [-0.1, -0.05) is 50.2 Å². The third-order valence-electron chi connectivity index (χ3n) is 4.41. The summed E-state index contributed by atoms with van der Waals surface area (Å²) in [6.45, 7) is 7.68. The van der Waals surface area contributed by atoms with E-state index >= 15 is 0 Å². The summed E-state index contributed by atoms with van der Waals surface area (Å²) in [5.41, 5.74) is 5.69. The molecule has 0 unspecified atom stereocenters. The van der Waals surface area contributed by atoms with Gasteiger partial charge in [-0.15, -0.1) is 0 Å². The summed E-state index contributed by atoms with van der Waals surface area (Å²) in [6, 6.07) is 17.6. The Balaban J connectivity index is 1.82. The first kappa shape index (κ1) is 14.0. The Morgan fingerprint density at radius 3 is 1.57 bits per heavy atom. The van der Waals surface area contributed by atoms with E-state index in [1.807, 2.05) is 0 Å². The highest BCUT2D eigenvalue weighted by atomic mass is 15.4. The molecule has 0 aromatic heterocycles. The largest absolute Gasteiger partial charge is 0.352 e. The van der Waals surface area contributed by atoms with E-state index in [4.69, 9.17) is 0 Å². The molecule has 2 aromatic rings. The van der Waals surface area contributed by atoms with E-state index < -0.39 is 0 Å². The van der Waals surface area contributed by atoms with Crippen molar-refractivity contribution < 1.29 is 0 Å². The summed E-state index contributed by atoms with van der Waals surface area (Å²) in [7, 11) is 0. The maximum Gasteiger partial charge on any atom is 0.0904 e. The summed E-state index contributed by atoms with van der Waals surface area (Å²) < 4.78 is 0. The smallest absolute Gasteiger partial charge is 0.0904 e. The summed E-state index contributed by atoms with van der Waals surface area (Å²) in [4.78, 5) is 5.01. The second kappa shape index (κ2) is 6.21. The number of para-hydroxylation sites is 2. The van der Waals surface area contributed by atoms with Gasteiger partial charge in [-0.05, 0) is 36.1 Å². The SMILES string of the molecule is CCc1ccccc1N1CCN(c2ccccc2CC)C1. The van der Waals surface area contributed by atoms with Crippen molar-refractivity contribution in [1.29, 1.82) is 0 Å². The fraction of sp³-hybridized carbons (Fsp3) is 0.368. The van der Waals surface area contributed by atoms with Crippen LogP contribution in [-0.4, -0.2) is 19.8 Å². The van der Waals surface area contributed by atoms with E-state index in [9.17, 15) is 0 Å². The highest BCUT2D eigenvalue weighted by molar-refractivity contribution is 5.60. The van der Waals surface area contributed by atoms with Gasteiger partial charge in [0.05, 0.1) is 6.67 Å². The Bertz CT molecular complexity index is 553. The van der Waals surface area contributed by atoms with E-state index in [1.54, 1.807) is 0 Å². The zero-order valence-corrected chi connectivity index (χ0v) is 13.0. The second-order valence-electron chi connectivity index (χ2n) is 5.63. The molecule has 0 atom stereocenters. The molecule has 1 aliphatic heterocycles. The summed E-state index contributed by atoms with van der Waals surface area (Å²) >= 11 is 0. The lowest BCUT2D eigenvalue weighted by molar-refractivity contribution is 0.926. The molecule has 2 aromatic carbocycles. The lowest BCUT2D eigenvalue weighted by Crippen LogP contribution is -2.26. The molecule has 110 valence electrons. The van der Waals surface area contributed by atoms with Crippen molar-refractivity contribution in [2.24, 2.45) is 0 Å². The Labute approximate surface area is 128 Å². The molecule has 2 nitrogen and oxygen atoms in total. The fourth-order valence-corrected chi connectivity index (χ4v) is 3.22. The van der Waals surface area contributed by atoms with Crippen LogP contribution in [-0.2, 0) is 12.8 Å². The van der Waals surface area contributed by atoms with Crippen LogP contribution in [0.25, 0.3) is 0 Å². The molecule has 1 aliphatic rings. The van der Waals surface area contributed by atoms with Crippen molar-refractivity contribution in [3.63, 3.8) is 0 Å². The number of anilines is 2. The van der Waals surface area contributed by atoms with E-state index in [0.717, 1.165) is 32.6 Å². The van der Waals surface area contributed by atoms with Crippen molar-refractivity contribution in [2.45, 2.75) is 26.7 Å². The summed E-state index contributed by atoms with van der Waals surface area (Å²) in [6.07, 6.45) is 2.19. The first-order valence-corrected chi connectivity index (χ1v) is 7.99. The maximum absolute atomic E-state index is 2.51. The first-order valence-electron chi connectivity index (χ1n) is 7.99. The molecular formula is C19H24N2. The molecule has 0 N–H and O–H groups in total. The van der Waals surface area contributed by atoms with E-state index in [0.29, 0.717) is 0 Å². The highest BCUT2D eigenvalue weighted by Gasteiger charge is 2.22. The molecule has 0 aliphatic carbocycles. The van der Waals surface area contributed by atoms with Gasteiger partial charge < -0.3 is 9.80 Å². The Kier molecular flexibility index (Phi) is 4.14. The topological polar surface area (TPSA) is 6.48 Å². The lowest BCUT2D eigenvalue weighted by atomic mass is 10.1. The first-order chi connectivity index (χ1) is 10.3. The van der Waals surface area contributed by atoms with Crippen molar-refractivity contribution in [3.8, 4) is 0 Å². The molecule has 0 radical (unpaired) electrons. The molecule has 3 rings (SSSR count). The number of rotatable bonds is 4. The lowest BCUT2D eigenvalue weighted by Gasteiger charge is -2.24. The molecule has 1 saturated heterocycles. The highest BCUT2D eigenvalue weighted by Crippen LogP contribution is 2.28. The van der Waals surface area contributed by atoms with Crippen LogP contribution < -0.4 is 9.80 Å². The molecule has 1 fully saturated rings. The van der Waals surface area contributed by atoms with Gasteiger partial charge in [0.15, 0.2) is 0 Å². The van der Waals surface area contributed by atoms with Crippen LogP contribution in [0.3, 0.4) is 0 Å². The van der Waals surface area contributed by atoms with Crippen LogP contribution in [0.1, 0.15) is 25.0 Å². The van der Waals surface area contributed by atoms with Gasteiger partial charge >= 0.3 is 0 Å². The standard InChI is InChI=1S/C19H24N2/c1-3-16-9-5-7-11-18(16)20-13-14-21(15-20)19-12-8-6-10-17(19)4-2/h5-12H,3-4,13-15H2,1-2H3. The fourth-order valence-electron chi connectivity index (χ4n) is 3.22. The Morgan fingerprint density at radius 1 is 0.714 bits per heavy atom. The predicted octanol–water partition coefficient (Wildman–Crippen LogP) is 4.10. The molecule has 21 heavy (non-hydrogen) atoms. The minimum atomic E-state index is 0.994. The number of aryl methyl sites for hydroxylation is 2. The molecular weight excluding hydrogens is 256 g/mol. The summed E-state index contributed by atoms with van der Waals surface area (Å²) in [5, 5.41) is 0. The average Bonchev–Trinajstić information content (AvgIpc) is 3.04. The zero-order chi connectivity index (χ0) is 14.7. The molecule has 1 heterocycles. The molecule has 0 saturated carbocycles. The van der Waals surface area contributed by atoms with Crippen LogP contribution in [0.2, 0.25) is 0 Å². The van der Waals surface area contributed by atoms with E-state index in [-0.39, 0.29) is 0 Å². The van der Waals surface area contributed by atoms with E-state index in [1.165, 1.54) is 22.5 Å². The van der Waals surface area contributed by atoms with Crippen LogP contribution in [0, 0.1) is 0 Å². The van der Waals surface area contributed by atoms with E-state index in [2.05, 4.69) is 72.2 Å². The molecule has 2 heteroatoms. The van der Waals surface area contributed by atoms with Crippen molar-refractivity contribution >= 4 is 11.4 Å². The number of benzene rings is 2. The molecule has 0 bridgehead atoms. The normalized spacial score (nSPS) is 14.8. The average molecular weight is 280 g/mol.